The van der Waals surface area contributed by atoms with Gasteiger partial charge in [-0.15, -0.1) is 0 Å². The first-order valence-electron chi connectivity index (χ1n) is 9.49. The Balaban J connectivity index is 1.49. The number of carbonyl (C=O) groups excluding carboxylic acids is 2. The number of carbonyl (C=O) groups is 2. The van der Waals surface area contributed by atoms with Crippen LogP contribution in [0.25, 0.3) is 0 Å². The second kappa shape index (κ2) is 9.11. The van der Waals surface area contributed by atoms with Crippen molar-refractivity contribution in [3.8, 4) is 5.75 Å². The Kier molecular flexibility index (Phi) is 6.57. The molecule has 1 aliphatic heterocycles. The standard InChI is InChI=1S/C22H25ClN2O3/c1-16(2)17-6-8-18(9-7-17)22(27)25-12-10-24(11-13-25)21(26)15-28-20-5-3-4-19(23)14-20/h3-9,14,16H,10-13,15H2,1-2H3. The number of hydrogen-bond donors (Lipinski definition) is 0. The van der Waals surface area contributed by atoms with E-state index in [1.54, 1.807) is 34.1 Å². The van der Waals surface area contributed by atoms with Crippen molar-refractivity contribution in [1.29, 1.82) is 0 Å². The highest BCUT2D eigenvalue weighted by molar-refractivity contribution is 6.30. The summed E-state index contributed by atoms with van der Waals surface area (Å²) in [6.45, 7) is 6.28. The molecule has 1 fully saturated rings. The maximum atomic E-state index is 12.7. The molecule has 0 spiro atoms. The van der Waals surface area contributed by atoms with Gasteiger partial charge in [-0.1, -0.05) is 43.6 Å². The summed E-state index contributed by atoms with van der Waals surface area (Å²) in [5.41, 5.74) is 1.90. The van der Waals surface area contributed by atoms with Crippen LogP contribution < -0.4 is 4.74 Å². The molecule has 1 aliphatic rings. The van der Waals surface area contributed by atoms with E-state index < -0.39 is 0 Å². The van der Waals surface area contributed by atoms with Gasteiger partial charge in [0.25, 0.3) is 11.8 Å². The lowest BCUT2D eigenvalue weighted by Crippen LogP contribution is -2.51. The van der Waals surface area contributed by atoms with Crippen LogP contribution in [0.2, 0.25) is 5.02 Å². The second-order valence-electron chi connectivity index (χ2n) is 7.20. The number of nitrogens with zero attached hydrogens (tertiary/aromatic N) is 2. The lowest BCUT2D eigenvalue weighted by atomic mass is 10.0. The lowest BCUT2D eigenvalue weighted by Gasteiger charge is -2.34. The number of rotatable bonds is 5. The monoisotopic (exact) mass is 400 g/mol. The number of hydrogen-bond acceptors (Lipinski definition) is 3. The van der Waals surface area contributed by atoms with Gasteiger partial charge in [0.2, 0.25) is 0 Å². The largest absolute Gasteiger partial charge is 0.484 e. The van der Waals surface area contributed by atoms with Gasteiger partial charge in [0.15, 0.2) is 6.61 Å². The molecule has 148 valence electrons. The fraction of sp³-hybridized carbons (Fsp3) is 0.364. The minimum atomic E-state index is -0.0895. The zero-order valence-electron chi connectivity index (χ0n) is 16.2. The van der Waals surface area contributed by atoms with Crippen molar-refractivity contribution < 1.29 is 14.3 Å². The summed E-state index contributed by atoms with van der Waals surface area (Å²) in [7, 11) is 0. The first-order chi connectivity index (χ1) is 13.4. The van der Waals surface area contributed by atoms with E-state index in [-0.39, 0.29) is 18.4 Å². The predicted octanol–water partition coefficient (Wildman–Crippen LogP) is 3.83. The zero-order valence-corrected chi connectivity index (χ0v) is 17.0. The average molecular weight is 401 g/mol. The Morgan fingerprint density at radius 1 is 1.00 bits per heavy atom. The van der Waals surface area contributed by atoms with Gasteiger partial charge >= 0.3 is 0 Å². The fourth-order valence-corrected chi connectivity index (χ4v) is 3.33. The van der Waals surface area contributed by atoms with E-state index in [1.165, 1.54) is 5.56 Å². The lowest BCUT2D eigenvalue weighted by molar-refractivity contribution is -0.134. The molecule has 0 bridgehead atoms. The molecule has 3 rings (SSSR count). The van der Waals surface area contributed by atoms with Crippen LogP contribution >= 0.6 is 11.6 Å². The molecule has 5 nitrogen and oxygen atoms in total. The van der Waals surface area contributed by atoms with Crippen molar-refractivity contribution in [3.05, 3.63) is 64.7 Å². The molecule has 2 aromatic rings. The van der Waals surface area contributed by atoms with E-state index in [4.69, 9.17) is 16.3 Å². The molecule has 0 saturated carbocycles. The van der Waals surface area contributed by atoms with Crippen molar-refractivity contribution in [3.63, 3.8) is 0 Å². The molecule has 0 aromatic heterocycles. The summed E-state index contributed by atoms with van der Waals surface area (Å²) in [6, 6.07) is 14.7. The van der Waals surface area contributed by atoms with Gasteiger partial charge in [-0.2, -0.15) is 0 Å². The normalized spacial score (nSPS) is 14.3. The predicted molar refractivity (Wildman–Crippen MR) is 110 cm³/mol. The maximum Gasteiger partial charge on any atom is 0.260 e. The Morgan fingerprint density at radius 3 is 2.25 bits per heavy atom. The summed E-state index contributed by atoms with van der Waals surface area (Å²) in [4.78, 5) is 28.6. The summed E-state index contributed by atoms with van der Waals surface area (Å²) in [5, 5.41) is 0.568. The molecule has 28 heavy (non-hydrogen) atoms. The molecule has 0 atom stereocenters. The van der Waals surface area contributed by atoms with Gasteiger partial charge in [-0.25, -0.2) is 0 Å². The van der Waals surface area contributed by atoms with E-state index in [9.17, 15) is 9.59 Å². The molecule has 1 heterocycles. The van der Waals surface area contributed by atoms with Crippen molar-refractivity contribution in [2.45, 2.75) is 19.8 Å². The number of amides is 2. The topological polar surface area (TPSA) is 49.9 Å². The van der Waals surface area contributed by atoms with Crippen molar-refractivity contribution in [1.82, 2.24) is 9.80 Å². The Hall–Kier alpha value is -2.53. The van der Waals surface area contributed by atoms with Crippen LogP contribution in [-0.2, 0) is 4.79 Å². The van der Waals surface area contributed by atoms with Gasteiger partial charge in [0.1, 0.15) is 5.75 Å². The van der Waals surface area contributed by atoms with E-state index in [2.05, 4.69) is 13.8 Å². The highest BCUT2D eigenvalue weighted by Gasteiger charge is 2.25. The highest BCUT2D eigenvalue weighted by Crippen LogP contribution is 2.18. The van der Waals surface area contributed by atoms with Gasteiger partial charge in [-0.05, 0) is 41.8 Å². The minimum Gasteiger partial charge on any atom is -0.484 e. The molecule has 1 saturated heterocycles. The van der Waals surface area contributed by atoms with E-state index in [0.29, 0.717) is 48.4 Å². The van der Waals surface area contributed by atoms with Crippen LogP contribution in [0.15, 0.2) is 48.5 Å². The maximum absolute atomic E-state index is 12.7. The van der Waals surface area contributed by atoms with Gasteiger partial charge in [0, 0.05) is 36.8 Å². The molecule has 0 unspecified atom stereocenters. The van der Waals surface area contributed by atoms with Crippen LogP contribution in [0.1, 0.15) is 35.7 Å². The first-order valence-corrected chi connectivity index (χ1v) is 9.87. The Bertz CT molecular complexity index is 828. The summed E-state index contributed by atoms with van der Waals surface area (Å²) >= 11 is 5.92. The second-order valence-corrected chi connectivity index (χ2v) is 7.63. The number of ether oxygens (including phenoxy) is 1. The van der Waals surface area contributed by atoms with Crippen LogP contribution in [0.3, 0.4) is 0 Å². The van der Waals surface area contributed by atoms with Gasteiger partial charge in [0.05, 0.1) is 0 Å². The summed E-state index contributed by atoms with van der Waals surface area (Å²) in [5.74, 6) is 0.929. The van der Waals surface area contributed by atoms with Crippen molar-refractivity contribution in [2.24, 2.45) is 0 Å². The van der Waals surface area contributed by atoms with Crippen LogP contribution in [0, 0.1) is 0 Å². The Morgan fingerprint density at radius 2 is 1.64 bits per heavy atom. The molecule has 2 aromatic carbocycles. The number of halogens is 1. The van der Waals surface area contributed by atoms with E-state index in [1.807, 2.05) is 24.3 Å². The molecule has 6 heteroatoms. The third-order valence-electron chi connectivity index (χ3n) is 4.90. The minimum absolute atomic E-state index is 0.0117. The van der Waals surface area contributed by atoms with Crippen molar-refractivity contribution >= 4 is 23.4 Å². The molecule has 0 N–H and O–H groups in total. The number of piperazine rings is 1. The van der Waals surface area contributed by atoms with Crippen LogP contribution in [0.4, 0.5) is 0 Å². The quantitative estimate of drug-likeness (QED) is 0.766. The van der Waals surface area contributed by atoms with Gasteiger partial charge in [-0.3, -0.25) is 9.59 Å². The molecular formula is C22H25ClN2O3. The third kappa shape index (κ3) is 5.04. The first kappa shape index (κ1) is 20.2. The Labute approximate surface area is 170 Å². The van der Waals surface area contributed by atoms with E-state index >= 15 is 0 Å². The number of benzene rings is 2. The summed E-state index contributed by atoms with van der Waals surface area (Å²) < 4.78 is 5.52. The van der Waals surface area contributed by atoms with Gasteiger partial charge < -0.3 is 14.5 Å². The van der Waals surface area contributed by atoms with Crippen molar-refractivity contribution in [2.75, 3.05) is 32.8 Å². The highest BCUT2D eigenvalue weighted by atomic mass is 35.5. The third-order valence-corrected chi connectivity index (χ3v) is 5.14. The van der Waals surface area contributed by atoms with E-state index in [0.717, 1.165) is 0 Å². The molecule has 2 amide bonds. The smallest absolute Gasteiger partial charge is 0.260 e. The average Bonchev–Trinajstić information content (AvgIpc) is 2.71. The molecule has 0 radical (unpaired) electrons. The zero-order chi connectivity index (χ0) is 20.1. The molecule has 0 aliphatic carbocycles. The summed E-state index contributed by atoms with van der Waals surface area (Å²) in [6.07, 6.45) is 0. The fourth-order valence-electron chi connectivity index (χ4n) is 3.15. The van der Waals surface area contributed by atoms with Crippen LogP contribution in [-0.4, -0.2) is 54.4 Å². The molecular weight excluding hydrogens is 376 g/mol. The van der Waals surface area contributed by atoms with Crippen LogP contribution in [0.5, 0.6) is 5.75 Å². The SMILES string of the molecule is CC(C)c1ccc(C(=O)N2CCN(C(=O)COc3cccc(Cl)c3)CC2)cc1.